The highest BCUT2D eigenvalue weighted by Gasteiger charge is 2.36. The molecular weight excluding hydrogens is 542 g/mol. The lowest BCUT2D eigenvalue weighted by atomic mass is 10.1. The van der Waals surface area contributed by atoms with Crippen LogP contribution in [0.4, 0.5) is 16.2 Å². The predicted molar refractivity (Wildman–Crippen MR) is 133 cm³/mol. The van der Waals surface area contributed by atoms with E-state index in [1.54, 1.807) is 30.3 Å². The molecule has 12 heteroatoms. The molecule has 1 N–H and O–H groups in total. The minimum atomic E-state index is -0.643. The van der Waals surface area contributed by atoms with Crippen LogP contribution in [-0.2, 0) is 9.59 Å². The highest BCUT2D eigenvalue weighted by Crippen LogP contribution is 2.36. The molecule has 4 rings (SSSR count). The number of nitro groups is 1. The fourth-order valence-corrected chi connectivity index (χ4v) is 4.44. The summed E-state index contributed by atoms with van der Waals surface area (Å²) in [4.78, 5) is 49.3. The summed E-state index contributed by atoms with van der Waals surface area (Å²) in [6.07, 6.45) is 1.36. The Kier molecular flexibility index (Phi) is 7.03. The number of methoxy groups -OCH3 is 1. The Labute approximate surface area is 211 Å². The second kappa shape index (κ2) is 10.2. The van der Waals surface area contributed by atoms with Gasteiger partial charge < -0.3 is 14.5 Å². The Morgan fingerprint density at radius 1 is 1.23 bits per heavy atom. The highest BCUT2D eigenvalue weighted by molar-refractivity contribution is 9.10. The summed E-state index contributed by atoms with van der Waals surface area (Å²) >= 11 is 3.99. The molecule has 10 nitrogen and oxygen atoms in total. The van der Waals surface area contributed by atoms with Crippen molar-refractivity contribution < 1.29 is 28.5 Å². The average Bonchev–Trinajstić information content (AvgIpc) is 3.40. The number of furan rings is 1. The van der Waals surface area contributed by atoms with Crippen molar-refractivity contribution in [3.63, 3.8) is 0 Å². The van der Waals surface area contributed by atoms with Gasteiger partial charge >= 0.3 is 0 Å². The summed E-state index contributed by atoms with van der Waals surface area (Å²) < 4.78 is 11.4. The van der Waals surface area contributed by atoms with Gasteiger partial charge in [0.2, 0.25) is 5.91 Å². The molecule has 1 aromatic heterocycles. The molecule has 0 aliphatic carbocycles. The van der Waals surface area contributed by atoms with Crippen LogP contribution in [0.25, 0.3) is 17.4 Å². The maximum Gasteiger partial charge on any atom is 0.294 e. The zero-order valence-electron chi connectivity index (χ0n) is 18.0. The lowest BCUT2D eigenvalue weighted by molar-refractivity contribution is -0.384. The second-order valence-electron chi connectivity index (χ2n) is 7.14. The van der Waals surface area contributed by atoms with Gasteiger partial charge in [-0.25, -0.2) is 0 Å². The number of anilines is 1. The molecule has 0 saturated carbocycles. The SMILES string of the molecule is COc1ccc(-c2ccc(/C=C3/SC(=O)N(CC(=O)Nc4ccccc4Br)C3=O)o2)c([N+](=O)[O-])c1. The van der Waals surface area contributed by atoms with E-state index < -0.39 is 28.5 Å². The standard InChI is InChI=1S/C23H16BrN3O7S/c1-33-13-6-8-15(18(10-13)27(31)32)19-9-7-14(34-19)11-20-22(29)26(23(30)35-20)12-21(28)25-17-5-3-2-4-16(17)24/h2-11H,12H2,1H3,(H,25,28)/b20-11+. The molecular formula is C23H16BrN3O7S. The first-order valence-electron chi connectivity index (χ1n) is 9.99. The molecule has 0 atom stereocenters. The van der Waals surface area contributed by atoms with Crippen LogP contribution in [0.3, 0.4) is 0 Å². The number of para-hydroxylation sites is 1. The number of imide groups is 1. The summed E-state index contributed by atoms with van der Waals surface area (Å²) in [6.45, 7) is -0.454. The number of nitrogens with zero attached hydrogens (tertiary/aromatic N) is 2. The molecule has 1 aliphatic heterocycles. The fourth-order valence-electron chi connectivity index (χ4n) is 3.23. The molecule has 2 aromatic carbocycles. The summed E-state index contributed by atoms with van der Waals surface area (Å²) in [7, 11) is 1.40. The summed E-state index contributed by atoms with van der Waals surface area (Å²) in [5.74, 6) is -0.432. The number of thioether (sulfide) groups is 1. The van der Waals surface area contributed by atoms with Crippen molar-refractivity contribution in [3.05, 3.63) is 79.8 Å². The maximum absolute atomic E-state index is 12.7. The summed E-state index contributed by atoms with van der Waals surface area (Å²) in [6, 6.07) is 14.3. The van der Waals surface area contributed by atoms with E-state index >= 15 is 0 Å². The number of hydrogen-bond acceptors (Lipinski definition) is 8. The van der Waals surface area contributed by atoms with Gasteiger partial charge in [-0.2, -0.15) is 0 Å². The van der Waals surface area contributed by atoms with Crippen molar-refractivity contribution in [2.45, 2.75) is 0 Å². The van der Waals surface area contributed by atoms with E-state index in [-0.39, 0.29) is 27.7 Å². The van der Waals surface area contributed by atoms with Crippen LogP contribution in [0, 0.1) is 10.1 Å². The molecule has 2 heterocycles. The Hall–Kier alpha value is -3.90. The van der Waals surface area contributed by atoms with Gasteiger partial charge in [0.05, 0.1) is 34.3 Å². The third-order valence-electron chi connectivity index (χ3n) is 4.89. The molecule has 0 radical (unpaired) electrons. The van der Waals surface area contributed by atoms with Gasteiger partial charge in [0, 0.05) is 10.5 Å². The molecule has 178 valence electrons. The number of nitro benzene ring substituents is 1. The van der Waals surface area contributed by atoms with E-state index in [9.17, 15) is 24.5 Å². The van der Waals surface area contributed by atoms with Gasteiger partial charge in [0.25, 0.3) is 16.8 Å². The number of rotatable bonds is 7. The summed E-state index contributed by atoms with van der Waals surface area (Å²) in [5, 5.41) is 13.5. The lowest BCUT2D eigenvalue weighted by Gasteiger charge is -2.13. The van der Waals surface area contributed by atoms with Crippen LogP contribution < -0.4 is 10.1 Å². The number of nitrogens with one attached hydrogen (secondary N) is 1. The topological polar surface area (TPSA) is 132 Å². The van der Waals surface area contributed by atoms with Crippen molar-refractivity contribution in [1.29, 1.82) is 0 Å². The number of hydrogen-bond donors (Lipinski definition) is 1. The van der Waals surface area contributed by atoms with Gasteiger partial charge in [0.15, 0.2) is 0 Å². The number of benzene rings is 2. The van der Waals surface area contributed by atoms with Crippen LogP contribution in [0.5, 0.6) is 5.75 Å². The van der Waals surface area contributed by atoms with Gasteiger partial charge in [-0.3, -0.25) is 29.4 Å². The first-order valence-corrected chi connectivity index (χ1v) is 11.6. The minimum Gasteiger partial charge on any atom is -0.497 e. The summed E-state index contributed by atoms with van der Waals surface area (Å²) in [5.41, 5.74) is 0.532. The second-order valence-corrected chi connectivity index (χ2v) is 8.99. The monoisotopic (exact) mass is 557 g/mol. The third kappa shape index (κ3) is 5.28. The average molecular weight is 558 g/mol. The highest BCUT2D eigenvalue weighted by atomic mass is 79.9. The van der Waals surface area contributed by atoms with Crippen molar-refractivity contribution in [2.24, 2.45) is 0 Å². The number of carbonyl (C=O) groups excluding carboxylic acids is 3. The molecule has 1 saturated heterocycles. The van der Waals surface area contributed by atoms with E-state index in [0.717, 1.165) is 4.90 Å². The van der Waals surface area contributed by atoms with Gasteiger partial charge in [-0.1, -0.05) is 12.1 Å². The van der Waals surface area contributed by atoms with E-state index in [4.69, 9.17) is 9.15 Å². The molecule has 3 amide bonds. The normalized spacial score (nSPS) is 14.5. The van der Waals surface area contributed by atoms with Crippen LogP contribution in [-0.4, -0.2) is 40.5 Å². The molecule has 0 unspecified atom stereocenters. The Morgan fingerprint density at radius 3 is 2.71 bits per heavy atom. The van der Waals surface area contributed by atoms with Crippen LogP contribution in [0.15, 0.2) is 68.4 Å². The van der Waals surface area contributed by atoms with Crippen molar-refractivity contribution in [2.75, 3.05) is 19.0 Å². The Morgan fingerprint density at radius 2 is 2.00 bits per heavy atom. The largest absolute Gasteiger partial charge is 0.497 e. The zero-order chi connectivity index (χ0) is 25.1. The number of amides is 3. The van der Waals surface area contributed by atoms with E-state index in [2.05, 4.69) is 21.2 Å². The predicted octanol–water partition coefficient (Wildman–Crippen LogP) is 5.30. The smallest absolute Gasteiger partial charge is 0.294 e. The van der Waals surface area contributed by atoms with Gasteiger partial charge in [0.1, 0.15) is 23.8 Å². The zero-order valence-corrected chi connectivity index (χ0v) is 20.4. The molecule has 3 aromatic rings. The van der Waals surface area contributed by atoms with Crippen LogP contribution in [0.1, 0.15) is 5.76 Å². The number of carbonyl (C=O) groups is 3. The van der Waals surface area contributed by atoms with Crippen molar-refractivity contribution in [1.82, 2.24) is 4.90 Å². The quantitative estimate of drug-likeness (QED) is 0.235. The minimum absolute atomic E-state index is 0.0637. The fraction of sp³-hybridized carbons (Fsp3) is 0.0870. The lowest BCUT2D eigenvalue weighted by Crippen LogP contribution is -2.36. The molecule has 35 heavy (non-hydrogen) atoms. The maximum atomic E-state index is 12.7. The Bertz CT molecular complexity index is 1380. The van der Waals surface area contributed by atoms with Crippen LogP contribution >= 0.6 is 27.7 Å². The number of halogens is 1. The molecule has 0 spiro atoms. The first-order chi connectivity index (χ1) is 16.8. The molecule has 1 fully saturated rings. The van der Waals surface area contributed by atoms with E-state index in [1.165, 1.54) is 37.5 Å². The van der Waals surface area contributed by atoms with E-state index in [1.807, 2.05) is 0 Å². The Balaban J connectivity index is 1.50. The number of ether oxygens (including phenoxy) is 1. The van der Waals surface area contributed by atoms with E-state index in [0.29, 0.717) is 27.7 Å². The third-order valence-corrected chi connectivity index (χ3v) is 6.49. The first kappa shape index (κ1) is 24.2. The molecule has 0 bridgehead atoms. The van der Waals surface area contributed by atoms with Crippen molar-refractivity contribution in [3.8, 4) is 17.1 Å². The van der Waals surface area contributed by atoms with Crippen LogP contribution in [0.2, 0.25) is 0 Å². The molecule has 1 aliphatic rings. The van der Waals surface area contributed by atoms with Gasteiger partial charge in [-0.05, 0) is 64.1 Å². The van der Waals surface area contributed by atoms with Crippen molar-refractivity contribution >= 4 is 62.2 Å². The van der Waals surface area contributed by atoms with Gasteiger partial charge in [-0.15, -0.1) is 0 Å².